The Hall–Kier alpha value is -4.26. The Morgan fingerprint density at radius 3 is 2.51 bits per heavy atom. The number of rotatable bonds is 3. The van der Waals surface area contributed by atoms with E-state index in [0.717, 1.165) is 22.5 Å². The standard InChI is InChI=1S/C28H27ClN8O3S/c29-24-18-31-27-33-22-14-19(16-30-17-22)6-7-20-15-21(32-26(24)35-27)8-9-25(20)34-28(38)36-10-12-37(13-11-36)41(39,40)23-4-2-1-3-5-23/h1-5,8-9,14-18H,6-7,10-13H2,(H,34,38)(H2,31,32,33,35). The summed E-state index contributed by atoms with van der Waals surface area (Å²) in [5, 5.41) is 9.82. The fourth-order valence-electron chi connectivity index (χ4n) is 4.82. The minimum atomic E-state index is -3.60. The first-order chi connectivity index (χ1) is 19.8. The summed E-state index contributed by atoms with van der Waals surface area (Å²) in [4.78, 5) is 28.3. The van der Waals surface area contributed by atoms with E-state index < -0.39 is 10.0 Å². The molecular formula is C28H27ClN8O3S. The predicted octanol–water partition coefficient (Wildman–Crippen LogP) is 4.65. The normalized spacial score (nSPS) is 15.4. The summed E-state index contributed by atoms with van der Waals surface area (Å²) < 4.78 is 27.4. The van der Waals surface area contributed by atoms with Crippen LogP contribution >= 0.6 is 11.6 Å². The molecule has 4 aromatic rings. The number of nitrogens with one attached hydrogen (secondary N) is 3. The number of carbonyl (C=O) groups is 1. The molecule has 6 rings (SSSR count). The van der Waals surface area contributed by atoms with Crippen LogP contribution in [0.2, 0.25) is 5.02 Å². The lowest BCUT2D eigenvalue weighted by molar-refractivity contribution is 0.184. The summed E-state index contributed by atoms with van der Waals surface area (Å²) in [6, 6.07) is 15.7. The Morgan fingerprint density at radius 1 is 0.902 bits per heavy atom. The number of hydrogen-bond acceptors (Lipinski definition) is 8. The maximum atomic E-state index is 13.3. The number of benzene rings is 2. The number of hydrogen-bond donors (Lipinski definition) is 3. The van der Waals surface area contributed by atoms with Crippen molar-refractivity contribution < 1.29 is 13.2 Å². The van der Waals surface area contributed by atoms with Crippen molar-refractivity contribution in [1.82, 2.24) is 24.2 Å². The molecule has 6 bridgehead atoms. The molecule has 1 saturated heterocycles. The number of amides is 2. The van der Waals surface area contributed by atoms with Crippen LogP contribution in [-0.2, 0) is 22.9 Å². The predicted molar refractivity (Wildman–Crippen MR) is 157 cm³/mol. The lowest BCUT2D eigenvalue weighted by atomic mass is 10.0. The molecule has 3 N–H and O–H groups in total. The molecular weight excluding hydrogens is 564 g/mol. The molecule has 2 aromatic carbocycles. The molecule has 0 saturated carbocycles. The van der Waals surface area contributed by atoms with E-state index in [0.29, 0.717) is 35.3 Å². The summed E-state index contributed by atoms with van der Waals surface area (Å²) in [6.45, 7) is 1.01. The van der Waals surface area contributed by atoms with Crippen LogP contribution in [-0.4, -0.2) is 64.8 Å². The third-order valence-electron chi connectivity index (χ3n) is 6.99. The van der Waals surface area contributed by atoms with Crippen LogP contribution in [0.5, 0.6) is 0 Å². The number of aromatic nitrogens is 3. The lowest BCUT2D eigenvalue weighted by Gasteiger charge is -2.34. The van der Waals surface area contributed by atoms with Gasteiger partial charge in [0.05, 0.1) is 23.0 Å². The molecule has 210 valence electrons. The molecule has 41 heavy (non-hydrogen) atoms. The van der Waals surface area contributed by atoms with Gasteiger partial charge in [0.2, 0.25) is 16.0 Å². The van der Waals surface area contributed by atoms with E-state index in [2.05, 4.69) is 30.9 Å². The van der Waals surface area contributed by atoms with Crippen LogP contribution in [0.1, 0.15) is 11.1 Å². The quantitative estimate of drug-likeness (QED) is 0.314. The van der Waals surface area contributed by atoms with Gasteiger partial charge in [0.25, 0.3) is 0 Å². The minimum Gasteiger partial charge on any atom is -0.339 e. The van der Waals surface area contributed by atoms with Gasteiger partial charge in [-0.1, -0.05) is 29.8 Å². The van der Waals surface area contributed by atoms with Gasteiger partial charge in [0, 0.05) is 43.8 Å². The van der Waals surface area contributed by atoms with Crippen LogP contribution in [0.3, 0.4) is 0 Å². The van der Waals surface area contributed by atoms with Crippen molar-refractivity contribution in [2.75, 3.05) is 42.1 Å². The van der Waals surface area contributed by atoms with Crippen molar-refractivity contribution in [2.24, 2.45) is 0 Å². The van der Waals surface area contributed by atoms with Gasteiger partial charge in [-0.05, 0) is 60.4 Å². The average molecular weight is 591 g/mol. The van der Waals surface area contributed by atoms with Crippen molar-refractivity contribution in [3.8, 4) is 0 Å². The van der Waals surface area contributed by atoms with E-state index in [1.54, 1.807) is 41.4 Å². The molecule has 0 unspecified atom stereocenters. The fraction of sp³-hybridized carbons (Fsp3) is 0.214. The molecule has 0 spiro atoms. The van der Waals surface area contributed by atoms with Gasteiger partial charge >= 0.3 is 6.03 Å². The molecule has 2 aliphatic rings. The smallest absolute Gasteiger partial charge is 0.321 e. The van der Waals surface area contributed by atoms with E-state index in [1.165, 1.54) is 10.5 Å². The maximum absolute atomic E-state index is 13.3. The number of fused-ring (bicyclic) bond motifs is 6. The maximum Gasteiger partial charge on any atom is 0.321 e. The summed E-state index contributed by atoms with van der Waals surface area (Å²) in [7, 11) is -3.60. The first kappa shape index (κ1) is 26.9. The Labute approximate surface area is 242 Å². The first-order valence-electron chi connectivity index (χ1n) is 13.1. The van der Waals surface area contributed by atoms with Gasteiger partial charge in [-0.25, -0.2) is 18.2 Å². The number of carbonyl (C=O) groups excluding carboxylic acids is 1. The van der Waals surface area contributed by atoms with Gasteiger partial charge in [0.15, 0.2) is 5.82 Å². The second kappa shape index (κ2) is 11.3. The van der Waals surface area contributed by atoms with Crippen molar-refractivity contribution >= 4 is 56.5 Å². The number of urea groups is 1. The van der Waals surface area contributed by atoms with E-state index in [1.807, 2.05) is 30.5 Å². The zero-order chi connectivity index (χ0) is 28.4. The SMILES string of the molecule is O=C(Nc1ccc2cc1CCc1cncc(c1)Nc1ncc(Cl)c(n1)N2)N1CCN(S(=O)(=O)c2ccccc2)CC1. The van der Waals surface area contributed by atoms with Gasteiger partial charge in [-0.2, -0.15) is 9.29 Å². The Balaban J connectivity index is 1.20. The van der Waals surface area contributed by atoms with E-state index in [4.69, 9.17) is 11.6 Å². The third-order valence-corrected chi connectivity index (χ3v) is 9.18. The number of pyridine rings is 1. The molecule has 1 fully saturated rings. The topological polar surface area (TPSA) is 132 Å². The van der Waals surface area contributed by atoms with E-state index in [9.17, 15) is 13.2 Å². The van der Waals surface area contributed by atoms with Crippen LogP contribution in [0.4, 0.5) is 33.6 Å². The Kier molecular flexibility index (Phi) is 7.43. The number of aryl methyl sites for hydroxylation is 2. The molecule has 2 aromatic heterocycles. The zero-order valence-electron chi connectivity index (χ0n) is 21.9. The second-order valence-electron chi connectivity index (χ2n) is 9.73. The second-order valence-corrected chi connectivity index (χ2v) is 12.1. The highest BCUT2D eigenvalue weighted by Crippen LogP contribution is 2.29. The summed E-state index contributed by atoms with van der Waals surface area (Å²) >= 11 is 6.36. The average Bonchev–Trinajstić information content (AvgIpc) is 2.99. The van der Waals surface area contributed by atoms with Gasteiger partial charge in [0.1, 0.15) is 5.02 Å². The number of anilines is 5. The number of piperazine rings is 1. The summed E-state index contributed by atoms with van der Waals surface area (Å²) in [5.41, 5.74) is 4.11. The highest BCUT2D eigenvalue weighted by molar-refractivity contribution is 7.89. The summed E-state index contributed by atoms with van der Waals surface area (Å²) in [5.74, 6) is 0.828. The number of nitrogens with zero attached hydrogens (tertiary/aromatic N) is 5. The van der Waals surface area contributed by atoms with Gasteiger partial charge < -0.3 is 20.9 Å². The molecule has 0 radical (unpaired) electrons. The highest BCUT2D eigenvalue weighted by atomic mass is 35.5. The Morgan fingerprint density at radius 2 is 1.71 bits per heavy atom. The highest BCUT2D eigenvalue weighted by Gasteiger charge is 2.30. The number of sulfonamides is 1. The molecule has 2 aliphatic heterocycles. The molecule has 0 atom stereocenters. The zero-order valence-corrected chi connectivity index (χ0v) is 23.5. The van der Waals surface area contributed by atoms with Crippen molar-refractivity contribution in [2.45, 2.75) is 17.7 Å². The van der Waals surface area contributed by atoms with E-state index >= 15 is 0 Å². The van der Waals surface area contributed by atoms with Crippen molar-refractivity contribution in [1.29, 1.82) is 0 Å². The van der Waals surface area contributed by atoms with Crippen LogP contribution in [0.15, 0.2) is 78.1 Å². The molecule has 11 nitrogen and oxygen atoms in total. The summed E-state index contributed by atoms with van der Waals surface area (Å²) in [6.07, 6.45) is 6.35. The van der Waals surface area contributed by atoms with E-state index in [-0.39, 0.29) is 37.1 Å². The molecule has 4 heterocycles. The van der Waals surface area contributed by atoms with Crippen LogP contribution < -0.4 is 16.0 Å². The number of halogens is 1. The third kappa shape index (κ3) is 5.94. The van der Waals surface area contributed by atoms with Gasteiger partial charge in [-0.15, -0.1) is 0 Å². The Bertz CT molecular complexity index is 1700. The molecule has 0 aliphatic carbocycles. The first-order valence-corrected chi connectivity index (χ1v) is 14.9. The monoisotopic (exact) mass is 590 g/mol. The lowest BCUT2D eigenvalue weighted by Crippen LogP contribution is -2.51. The fourth-order valence-corrected chi connectivity index (χ4v) is 6.40. The molecule has 2 amide bonds. The van der Waals surface area contributed by atoms with Gasteiger partial charge in [-0.3, -0.25) is 4.98 Å². The van der Waals surface area contributed by atoms with Crippen LogP contribution in [0, 0.1) is 0 Å². The molecule has 13 heteroatoms. The minimum absolute atomic E-state index is 0.222. The van der Waals surface area contributed by atoms with Crippen molar-refractivity contribution in [3.05, 3.63) is 89.3 Å². The largest absolute Gasteiger partial charge is 0.339 e. The van der Waals surface area contributed by atoms with Crippen LogP contribution in [0.25, 0.3) is 0 Å². The van der Waals surface area contributed by atoms with Crippen molar-refractivity contribution in [3.63, 3.8) is 0 Å².